The second-order valence-corrected chi connectivity index (χ2v) is 9.48. The van der Waals surface area contributed by atoms with Gasteiger partial charge >= 0.3 is 0 Å². The highest BCUT2D eigenvalue weighted by Crippen LogP contribution is 2.39. The van der Waals surface area contributed by atoms with Crippen LogP contribution in [-0.2, 0) is 16.4 Å². The highest BCUT2D eigenvalue weighted by molar-refractivity contribution is 7.91. The number of rotatable bonds is 8. The largest absolute Gasteiger partial charge is 0.497 e. The molecule has 2 aromatic carbocycles. The highest BCUT2D eigenvalue weighted by atomic mass is 32.2. The van der Waals surface area contributed by atoms with Crippen LogP contribution in [0.4, 0.5) is 0 Å². The molecule has 0 unspecified atom stereocenters. The van der Waals surface area contributed by atoms with Crippen molar-refractivity contribution in [2.45, 2.75) is 19.0 Å². The second-order valence-electron chi connectivity index (χ2n) is 7.26. The standard InChI is InChI=1S/C22H27NO7S/c1-27-18-7-5-6-15(10-18)13-23(17-8-9-31(25,26)14-17)22(24)16-11-19(28-2)21(30-4)20(12-16)29-3/h5-7,10-12,17H,8-9,13-14H2,1-4H3/t17-/m0/s1. The summed E-state index contributed by atoms with van der Waals surface area (Å²) in [5.74, 6) is 1.43. The quantitative estimate of drug-likeness (QED) is 0.612. The topological polar surface area (TPSA) is 91.4 Å². The molecule has 0 N–H and O–H groups in total. The van der Waals surface area contributed by atoms with E-state index in [1.54, 1.807) is 24.1 Å². The van der Waals surface area contributed by atoms with Gasteiger partial charge in [0.1, 0.15) is 5.75 Å². The van der Waals surface area contributed by atoms with E-state index in [1.165, 1.54) is 21.3 Å². The van der Waals surface area contributed by atoms with Crippen LogP contribution in [0.25, 0.3) is 0 Å². The van der Waals surface area contributed by atoms with Crippen LogP contribution in [-0.4, -0.2) is 65.2 Å². The van der Waals surface area contributed by atoms with Crippen LogP contribution < -0.4 is 18.9 Å². The van der Waals surface area contributed by atoms with Crippen LogP contribution in [0.15, 0.2) is 36.4 Å². The Kier molecular flexibility index (Phi) is 6.94. The molecule has 0 saturated carbocycles. The van der Waals surface area contributed by atoms with Crippen LogP contribution in [0, 0.1) is 0 Å². The molecule has 0 aliphatic carbocycles. The Labute approximate surface area is 182 Å². The summed E-state index contributed by atoms with van der Waals surface area (Å²) in [6.45, 7) is 0.243. The summed E-state index contributed by atoms with van der Waals surface area (Å²) in [5, 5.41) is 0. The molecule has 9 heteroatoms. The Morgan fingerprint density at radius 1 is 1.00 bits per heavy atom. The van der Waals surface area contributed by atoms with Gasteiger partial charge in [0, 0.05) is 18.2 Å². The zero-order chi connectivity index (χ0) is 22.6. The number of benzene rings is 2. The van der Waals surface area contributed by atoms with Crippen LogP contribution in [0.3, 0.4) is 0 Å². The van der Waals surface area contributed by atoms with Gasteiger partial charge in [-0.15, -0.1) is 0 Å². The fourth-order valence-electron chi connectivity index (χ4n) is 3.73. The van der Waals surface area contributed by atoms with Gasteiger partial charge in [-0.3, -0.25) is 4.79 Å². The lowest BCUT2D eigenvalue weighted by molar-refractivity contribution is 0.0680. The molecule has 8 nitrogen and oxygen atoms in total. The molecule has 2 aromatic rings. The summed E-state index contributed by atoms with van der Waals surface area (Å²) >= 11 is 0. The first-order valence-corrected chi connectivity index (χ1v) is 11.6. The van der Waals surface area contributed by atoms with Crippen molar-refractivity contribution in [1.29, 1.82) is 0 Å². The van der Waals surface area contributed by atoms with Gasteiger partial charge < -0.3 is 23.8 Å². The zero-order valence-electron chi connectivity index (χ0n) is 18.1. The minimum atomic E-state index is -3.19. The third kappa shape index (κ3) is 5.04. The van der Waals surface area contributed by atoms with E-state index >= 15 is 0 Å². The van der Waals surface area contributed by atoms with Crippen molar-refractivity contribution in [3.05, 3.63) is 47.5 Å². The summed E-state index contributed by atoms with van der Waals surface area (Å²) in [5.41, 5.74) is 1.16. The summed E-state index contributed by atoms with van der Waals surface area (Å²) in [4.78, 5) is 15.2. The average molecular weight is 450 g/mol. The molecule has 1 aliphatic heterocycles. The first kappa shape index (κ1) is 22.7. The number of hydrogen-bond acceptors (Lipinski definition) is 7. The number of amides is 1. The van der Waals surface area contributed by atoms with E-state index in [4.69, 9.17) is 18.9 Å². The van der Waals surface area contributed by atoms with Gasteiger partial charge in [-0.1, -0.05) is 12.1 Å². The summed E-state index contributed by atoms with van der Waals surface area (Å²) < 4.78 is 45.6. The smallest absolute Gasteiger partial charge is 0.254 e. The number of sulfone groups is 1. The molecule has 0 spiro atoms. The fraction of sp³-hybridized carbons (Fsp3) is 0.409. The van der Waals surface area contributed by atoms with Gasteiger partial charge in [-0.05, 0) is 36.2 Å². The minimum absolute atomic E-state index is 0.0624. The van der Waals surface area contributed by atoms with Crippen molar-refractivity contribution >= 4 is 15.7 Å². The fourth-order valence-corrected chi connectivity index (χ4v) is 5.46. The second kappa shape index (κ2) is 9.47. The van der Waals surface area contributed by atoms with Crippen molar-refractivity contribution in [3.63, 3.8) is 0 Å². The van der Waals surface area contributed by atoms with E-state index in [9.17, 15) is 13.2 Å². The number of nitrogens with zero attached hydrogens (tertiary/aromatic N) is 1. The first-order chi connectivity index (χ1) is 14.8. The van der Waals surface area contributed by atoms with Gasteiger partial charge in [0.2, 0.25) is 5.75 Å². The predicted octanol–water partition coefficient (Wildman–Crippen LogP) is 2.55. The number of ether oxygens (including phenoxy) is 4. The molecule has 0 aromatic heterocycles. The number of methoxy groups -OCH3 is 4. The van der Waals surface area contributed by atoms with E-state index in [0.717, 1.165) is 5.56 Å². The molecule has 1 amide bonds. The predicted molar refractivity (Wildman–Crippen MR) is 116 cm³/mol. The molecular formula is C22H27NO7S. The molecule has 1 heterocycles. The maximum Gasteiger partial charge on any atom is 0.254 e. The summed E-state index contributed by atoms with van der Waals surface area (Å²) in [7, 11) is 2.82. The molecule has 1 aliphatic rings. The van der Waals surface area contributed by atoms with E-state index in [-0.39, 0.29) is 24.0 Å². The lowest BCUT2D eigenvalue weighted by Crippen LogP contribution is -2.40. The van der Waals surface area contributed by atoms with Gasteiger partial charge in [0.05, 0.1) is 39.9 Å². The van der Waals surface area contributed by atoms with Gasteiger partial charge in [-0.25, -0.2) is 8.42 Å². The first-order valence-electron chi connectivity index (χ1n) is 9.76. The Morgan fingerprint density at radius 3 is 2.19 bits per heavy atom. The third-order valence-corrected chi connectivity index (χ3v) is 7.06. The van der Waals surface area contributed by atoms with Crippen LogP contribution in [0.2, 0.25) is 0 Å². The van der Waals surface area contributed by atoms with Crippen molar-refractivity contribution in [2.24, 2.45) is 0 Å². The SMILES string of the molecule is COc1cccc(CN(C(=O)c2cc(OC)c(OC)c(OC)c2)[C@H]2CCS(=O)(=O)C2)c1. The van der Waals surface area contributed by atoms with Crippen molar-refractivity contribution < 1.29 is 32.2 Å². The number of hydrogen-bond donors (Lipinski definition) is 0. The van der Waals surface area contributed by atoms with Crippen LogP contribution in [0.1, 0.15) is 22.3 Å². The Balaban J connectivity index is 2.01. The molecular weight excluding hydrogens is 422 g/mol. The zero-order valence-corrected chi connectivity index (χ0v) is 18.9. The monoisotopic (exact) mass is 449 g/mol. The molecule has 1 atom stereocenters. The van der Waals surface area contributed by atoms with Crippen molar-refractivity contribution in [2.75, 3.05) is 39.9 Å². The highest BCUT2D eigenvalue weighted by Gasteiger charge is 2.35. The van der Waals surface area contributed by atoms with Crippen LogP contribution in [0.5, 0.6) is 23.0 Å². The van der Waals surface area contributed by atoms with E-state index < -0.39 is 15.9 Å². The molecule has 0 radical (unpaired) electrons. The number of carbonyl (C=O) groups excluding carboxylic acids is 1. The number of carbonyl (C=O) groups is 1. The van der Waals surface area contributed by atoms with E-state index in [1.807, 2.05) is 24.3 Å². The Bertz CT molecular complexity index is 1030. The van der Waals surface area contributed by atoms with E-state index in [2.05, 4.69) is 0 Å². The van der Waals surface area contributed by atoms with Gasteiger partial charge in [0.15, 0.2) is 21.3 Å². The summed E-state index contributed by atoms with van der Waals surface area (Å²) in [6.07, 6.45) is 0.391. The lowest BCUT2D eigenvalue weighted by Gasteiger charge is -2.29. The maximum absolute atomic E-state index is 13.6. The van der Waals surface area contributed by atoms with Gasteiger partial charge in [0.25, 0.3) is 5.91 Å². The molecule has 3 rings (SSSR count). The van der Waals surface area contributed by atoms with Crippen molar-refractivity contribution in [1.82, 2.24) is 4.90 Å². The van der Waals surface area contributed by atoms with Crippen LogP contribution >= 0.6 is 0 Å². The molecule has 1 fully saturated rings. The van der Waals surface area contributed by atoms with Crippen molar-refractivity contribution in [3.8, 4) is 23.0 Å². The average Bonchev–Trinajstić information content (AvgIpc) is 3.15. The summed E-state index contributed by atoms with van der Waals surface area (Å²) in [6, 6.07) is 10.1. The third-order valence-electron chi connectivity index (χ3n) is 5.31. The molecule has 168 valence electrons. The molecule has 31 heavy (non-hydrogen) atoms. The molecule has 1 saturated heterocycles. The van der Waals surface area contributed by atoms with Gasteiger partial charge in [-0.2, -0.15) is 0 Å². The normalized spacial score (nSPS) is 17.1. The van der Waals surface area contributed by atoms with E-state index in [0.29, 0.717) is 35.0 Å². The lowest BCUT2D eigenvalue weighted by atomic mass is 10.1. The maximum atomic E-state index is 13.6. The Hall–Kier alpha value is -2.94. The minimum Gasteiger partial charge on any atom is -0.497 e. The molecule has 0 bridgehead atoms. The Morgan fingerprint density at radius 2 is 1.68 bits per heavy atom.